The van der Waals surface area contributed by atoms with Crippen LogP contribution in [0.2, 0.25) is 0 Å². The van der Waals surface area contributed by atoms with E-state index in [1.54, 1.807) is 0 Å². The summed E-state index contributed by atoms with van der Waals surface area (Å²) in [5.74, 6) is -2.89. The molecule has 7 nitrogen and oxygen atoms in total. The highest BCUT2D eigenvalue weighted by Crippen LogP contribution is 2.11. The number of esters is 1. The van der Waals surface area contributed by atoms with E-state index < -0.39 is 29.8 Å². The standard InChI is InChI=1S/C8H11NO6/c1-2-15-8(13)7(9-14)5(10)3-4-6(11)12/h10H,2-4H2,1H3,(H,11,12)/b7-5+. The summed E-state index contributed by atoms with van der Waals surface area (Å²) >= 11 is 0. The zero-order valence-corrected chi connectivity index (χ0v) is 8.10. The first-order chi connectivity index (χ1) is 7.02. The summed E-state index contributed by atoms with van der Waals surface area (Å²) in [7, 11) is 0. The molecule has 0 spiro atoms. The van der Waals surface area contributed by atoms with Gasteiger partial charge in [0.25, 0.3) is 0 Å². The molecule has 0 aromatic carbocycles. The van der Waals surface area contributed by atoms with Crippen LogP contribution < -0.4 is 0 Å². The summed E-state index contributed by atoms with van der Waals surface area (Å²) in [6.45, 7) is 1.55. The van der Waals surface area contributed by atoms with Gasteiger partial charge < -0.3 is 14.9 Å². The number of carboxylic acids is 1. The molecule has 0 amide bonds. The highest BCUT2D eigenvalue weighted by atomic mass is 16.5. The van der Waals surface area contributed by atoms with E-state index in [1.807, 2.05) is 0 Å². The lowest BCUT2D eigenvalue weighted by Gasteiger charge is -2.02. The molecule has 0 saturated heterocycles. The highest BCUT2D eigenvalue weighted by Gasteiger charge is 2.18. The Kier molecular flexibility index (Phi) is 5.69. The van der Waals surface area contributed by atoms with Crippen molar-refractivity contribution in [2.24, 2.45) is 5.18 Å². The Bertz CT molecular complexity index is 296. The molecule has 0 rings (SSSR count). The minimum absolute atomic E-state index is 0.0318. The molecule has 0 atom stereocenters. The van der Waals surface area contributed by atoms with Crippen molar-refractivity contribution in [3.63, 3.8) is 0 Å². The lowest BCUT2D eigenvalue weighted by molar-refractivity contribution is -0.139. The molecule has 0 aliphatic heterocycles. The van der Waals surface area contributed by atoms with E-state index in [4.69, 9.17) is 5.11 Å². The maximum absolute atomic E-state index is 11.0. The lowest BCUT2D eigenvalue weighted by Crippen LogP contribution is -2.09. The Morgan fingerprint density at radius 2 is 1.87 bits per heavy atom. The number of nitrogens with zero attached hydrogens (tertiary/aromatic N) is 1. The van der Waals surface area contributed by atoms with E-state index in [1.165, 1.54) is 6.92 Å². The van der Waals surface area contributed by atoms with Gasteiger partial charge in [-0.05, 0) is 12.1 Å². The van der Waals surface area contributed by atoms with Crippen LogP contribution in [0, 0.1) is 4.91 Å². The number of hydrogen-bond donors (Lipinski definition) is 2. The molecule has 0 aliphatic carbocycles. The average Bonchev–Trinajstić information content (AvgIpc) is 2.16. The quantitative estimate of drug-likeness (QED) is 0.296. The van der Waals surface area contributed by atoms with Crippen molar-refractivity contribution >= 4 is 11.9 Å². The molecule has 84 valence electrons. The van der Waals surface area contributed by atoms with Crippen molar-refractivity contribution in [3.8, 4) is 0 Å². The first-order valence-electron chi connectivity index (χ1n) is 4.17. The number of aliphatic hydroxyl groups excluding tert-OH is 1. The van der Waals surface area contributed by atoms with Gasteiger partial charge in [-0.3, -0.25) is 4.79 Å². The van der Waals surface area contributed by atoms with Crippen LogP contribution in [-0.2, 0) is 14.3 Å². The van der Waals surface area contributed by atoms with Gasteiger partial charge in [-0.2, -0.15) is 0 Å². The van der Waals surface area contributed by atoms with Gasteiger partial charge in [-0.15, -0.1) is 4.91 Å². The number of carbonyl (C=O) groups excluding carboxylic acids is 1. The molecule has 0 bridgehead atoms. The van der Waals surface area contributed by atoms with Gasteiger partial charge in [0.15, 0.2) is 0 Å². The number of allylic oxidation sites excluding steroid dienone is 1. The third-order valence-electron chi connectivity index (χ3n) is 1.41. The van der Waals surface area contributed by atoms with Crippen LogP contribution in [0.1, 0.15) is 19.8 Å². The Balaban J connectivity index is 4.58. The molecule has 0 radical (unpaired) electrons. The van der Waals surface area contributed by atoms with Crippen molar-refractivity contribution in [1.82, 2.24) is 0 Å². The zero-order valence-electron chi connectivity index (χ0n) is 8.10. The molecule has 7 heteroatoms. The number of carbonyl (C=O) groups is 2. The molecule has 0 aliphatic rings. The third kappa shape index (κ3) is 4.75. The largest absolute Gasteiger partial charge is 0.510 e. The zero-order chi connectivity index (χ0) is 11.8. The fraction of sp³-hybridized carbons (Fsp3) is 0.500. The van der Waals surface area contributed by atoms with Crippen LogP contribution in [-0.4, -0.2) is 28.8 Å². The third-order valence-corrected chi connectivity index (χ3v) is 1.41. The summed E-state index contributed by atoms with van der Waals surface area (Å²) in [6, 6.07) is 0. The van der Waals surface area contributed by atoms with Crippen LogP contribution in [0.15, 0.2) is 16.6 Å². The maximum Gasteiger partial charge on any atom is 0.364 e. The van der Waals surface area contributed by atoms with Crippen LogP contribution in [0.4, 0.5) is 0 Å². The number of aliphatic hydroxyl groups is 1. The monoisotopic (exact) mass is 217 g/mol. The molecule has 2 N–H and O–H groups in total. The van der Waals surface area contributed by atoms with E-state index in [0.717, 1.165) is 0 Å². The van der Waals surface area contributed by atoms with E-state index in [2.05, 4.69) is 9.91 Å². The van der Waals surface area contributed by atoms with Crippen molar-refractivity contribution in [1.29, 1.82) is 0 Å². The molecular weight excluding hydrogens is 206 g/mol. The topological polar surface area (TPSA) is 113 Å². The summed E-state index contributed by atoms with van der Waals surface area (Å²) in [6.07, 6.45) is -0.737. The average molecular weight is 217 g/mol. The number of nitroso groups, excluding NO2 is 1. The van der Waals surface area contributed by atoms with Gasteiger partial charge in [-0.1, -0.05) is 0 Å². The highest BCUT2D eigenvalue weighted by molar-refractivity contribution is 5.88. The second kappa shape index (κ2) is 6.52. The van der Waals surface area contributed by atoms with E-state index >= 15 is 0 Å². The predicted molar refractivity (Wildman–Crippen MR) is 49.0 cm³/mol. The fourth-order valence-corrected chi connectivity index (χ4v) is 0.751. The Morgan fingerprint density at radius 3 is 2.27 bits per heavy atom. The molecule has 0 heterocycles. The Hall–Kier alpha value is -1.92. The van der Waals surface area contributed by atoms with Gasteiger partial charge in [0, 0.05) is 6.42 Å². The number of ether oxygens (including phenoxy) is 1. The molecule has 0 aromatic heterocycles. The second-order valence-corrected chi connectivity index (χ2v) is 2.50. The van der Waals surface area contributed by atoms with Gasteiger partial charge in [-0.25, -0.2) is 4.79 Å². The van der Waals surface area contributed by atoms with Crippen molar-refractivity contribution in [3.05, 3.63) is 16.4 Å². The maximum atomic E-state index is 11.0. The predicted octanol–water partition coefficient (Wildman–Crippen LogP) is 0.950. The minimum atomic E-state index is -1.16. The van der Waals surface area contributed by atoms with Gasteiger partial charge in [0.2, 0.25) is 5.70 Å². The molecular formula is C8H11NO6. The number of rotatable bonds is 6. The normalized spacial score (nSPS) is 11.5. The van der Waals surface area contributed by atoms with Gasteiger partial charge >= 0.3 is 11.9 Å². The Labute approximate surface area is 85.3 Å². The molecule has 0 aromatic rings. The molecule has 0 fully saturated rings. The number of carboxylic acid groups (broad SMARTS) is 1. The van der Waals surface area contributed by atoms with Crippen LogP contribution in [0.5, 0.6) is 0 Å². The summed E-state index contributed by atoms with van der Waals surface area (Å²) in [4.78, 5) is 31.3. The minimum Gasteiger partial charge on any atom is -0.510 e. The van der Waals surface area contributed by atoms with Crippen LogP contribution in [0.25, 0.3) is 0 Å². The first-order valence-corrected chi connectivity index (χ1v) is 4.17. The molecule has 0 unspecified atom stereocenters. The smallest absolute Gasteiger partial charge is 0.364 e. The second-order valence-electron chi connectivity index (χ2n) is 2.50. The van der Waals surface area contributed by atoms with Crippen LogP contribution >= 0.6 is 0 Å². The van der Waals surface area contributed by atoms with E-state index in [-0.39, 0.29) is 13.0 Å². The number of aliphatic carboxylic acids is 1. The summed E-state index contributed by atoms with van der Waals surface area (Å²) in [5, 5.41) is 19.8. The van der Waals surface area contributed by atoms with Crippen molar-refractivity contribution in [2.75, 3.05) is 6.61 Å². The SMILES string of the molecule is CCOC(=O)/C(N=O)=C(\O)CCC(=O)O. The molecule has 15 heavy (non-hydrogen) atoms. The van der Waals surface area contributed by atoms with E-state index in [0.29, 0.717) is 0 Å². The lowest BCUT2D eigenvalue weighted by atomic mass is 10.2. The summed E-state index contributed by atoms with van der Waals surface area (Å²) in [5.41, 5.74) is -0.780. The fourth-order valence-electron chi connectivity index (χ4n) is 0.751. The van der Waals surface area contributed by atoms with Crippen molar-refractivity contribution in [2.45, 2.75) is 19.8 Å². The first kappa shape index (κ1) is 13.1. The van der Waals surface area contributed by atoms with Gasteiger partial charge in [0.1, 0.15) is 5.76 Å². The van der Waals surface area contributed by atoms with Gasteiger partial charge in [0.05, 0.1) is 13.0 Å². The summed E-state index contributed by atoms with van der Waals surface area (Å²) < 4.78 is 4.42. The van der Waals surface area contributed by atoms with E-state index in [9.17, 15) is 19.6 Å². The van der Waals surface area contributed by atoms with Crippen molar-refractivity contribution < 1.29 is 24.5 Å². The number of hydrogen-bond acceptors (Lipinski definition) is 6. The molecule has 0 saturated carbocycles. The Morgan fingerprint density at radius 1 is 1.27 bits per heavy atom. The van der Waals surface area contributed by atoms with Crippen LogP contribution in [0.3, 0.4) is 0 Å².